The zero-order chi connectivity index (χ0) is 42.7. The van der Waals surface area contributed by atoms with E-state index in [1.807, 2.05) is 121 Å². The monoisotopic (exact) mass is 804 g/mol. The van der Waals surface area contributed by atoms with Gasteiger partial charge in [-0.25, -0.2) is 9.69 Å². The first-order chi connectivity index (χ1) is 30.2. The Kier molecular flexibility index (Phi) is 8.70. The van der Waals surface area contributed by atoms with Gasteiger partial charge in [-0.2, -0.15) is 23.7 Å². The molecule has 0 aliphatic rings. The van der Waals surface area contributed by atoms with Gasteiger partial charge in [-0.1, -0.05) is 84.9 Å². The molecule has 0 N–H and O–H groups in total. The van der Waals surface area contributed by atoms with Gasteiger partial charge < -0.3 is 9.13 Å². The number of hydrogen-bond donors (Lipinski definition) is 0. The van der Waals surface area contributed by atoms with Crippen molar-refractivity contribution in [2.75, 3.05) is 0 Å². The molecule has 0 aliphatic carbocycles. The normalized spacial score (nSPS) is 11.4. The number of benzene rings is 8. The van der Waals surface area contributed by atoms with Gasteiger partial charge in [-0.3, -0.25) is 0 Å². The highest BCUT2D eigenvalue weighted by atomic mass is 19.4. The number of nitriles is 2. The predicted molar refractivity (Wildman–Crippen MR) is 238 cm³/mol. The summed E-state index contributed by atoms with van der Waals surface area (Å²) in [4.78, 5) is 7.58. The lowest BCUT2D eigenvalue weighted by Gasteiger charge is -2.20. The summed E-state index contributed by atoms with van der Waals surface area (Å²) < 4.78 is 46.0. The first-order valence-corrected chi connectivity index (χ1v) is 19.4. The molecule has 0 bridgehead atoms. The smallest absolute Gasteiger partial charge is 0.308 e. The molecule has 2 heterocycles. The third-order valence-corrected chi connectivity index (χ3v) is 11.4. The third-order valence-electron chi connectivity index (χ3n) is 11.4. The Morgan fingerprint density at radius 1 is 0.468 bits per heavy atom. The number of rotatable bonds is 5. The Bertz CT molecular complexity index is 3690. The lowest BCUT2D eigenvalue weighted by atomic mass is 9.95. The minimum atomic E-state index is -4.67. The zero-order valence-electron chi connectivity index (χ0n) is 32.4. The van der Waals surface area contributed by atoms with E-state index in [2.05, 4.69) is 37.0 Å². The predicted octanol–water partition coefficient (Wildman–Crippen LogP) is 14.7. The molecule has 0 fully saturated rings. The molecule has 9 heteroatoms. The van der Waals surface area contributed by atoms with Gasteiger partial charge in [0.1, 0.15) is 0 Å². The Morgan fingerprint density at radius 3 is 1.61 bits per heavy atom. The molecule has 0 saturated heterocycles. The van der Waals surface area contributed by atoms with Crippen LogP contribution < -0.4 is 0 Å². The van der Waals surface area contributed by atoms with Gasteiger partial charge in [-0.15, -0.1) is 0 Å². The molecule has 0 amide bonds. The van der Waals surface area contributed by atoms with Crippen LogP contribution in [-0.2, 0) is 6.18 Å². The van der Waals surface area contributed by atoms with Crippen LogP contribution >= 0.6 is 0 Å². The van der Waals surface area contributed by atoms with Crippen molar-refractivity contribution in [2.45, 2.75) is 6.18 Å². The van der Waals surface area contributed by atoms with Gasteiger partial charge in [0.05, 0.1) is 75.4 Å². The van der Waals surface area contributed by atoms with Crippen molar-refractivity contribution in [1.29, 1.82) is 10.5 Å². The molecule has 10 aromatic rings. The Balaban J connectivity index is 1.31. The maximum atomic E-state index is 13.9. The van der Waals surface area contributed by atoms with Crippen LogP contribution in [0.25, 0.3) is 98.1 Å². The molecule has 2 aromatic heterocycles. The lowest BCUT2D eigenvalue weighted by molar-refractivity contribution is -0.137. The quantitative estimate of drug-likeness (QED) is 0.163. The average molecular weight is 805 g/mol. The molecule has 0 radical (unpaired) electrons. The number of nitrogens with zero attached hydrogens (tertiary/aromatic N) is 6. The topological polar surface area (TPSA) is 66.2 Å². The number of hydrogen-bond acceptors (Lipinski definition) is 2. The van der Waals surface area contributed by atoms with E-state index in [1.54, 1.807) is 18.2 Å². The molecule has 8 aromatic carbocycles. The second-order valence-corrected chi connectivity index (χ2v) is 14.9. The van der Waals surface area contributed by atoms with Crippen molar-refractivity contribution in [3.05, 3.63) is 203 Å². The maximum absolute atomic E-state index is 13.9. The van der Waals surface area contributed by atoms with Gasteiger partial charge in [-0.05, 0) is 112 Å². The van der Waals surface area contributed by atoms with Crippen molar-refractivity contribution < 1.29 is 13.2 Å². The third kappa shape index (κ3) is 6.01. The van der Waals surface area contributed by atoms with Crippen molar-refractivity contribution in [3.63, 3.8) is 0 Å². The van der Waals surface area contributed by atoms with E-state index in [0.717, 1.165) is 78.0 Å². The van der Waals surface area contributed by atoms with E-state index < -0.39 is 11.7 Å². The number of alkyl halides is 3. The van der Waals surface area contributed by atoms with Crippen LogP contribution in [0.3, 0.4) is 0 Å². The summed E-state index contributed by atoms with van der Waals surface area (Å²) in [5, 5.41) is 23.6. The summed E-state index contributed by atoms with van der Waals surface area (Å²) in [5.41, 5.74) is 8.79. The first kappa shape index (κ1) is 37.4. The van der Waals surface area contributed by atoms with Crippen molar-refractivity contribution >= 4 is 55.0 Å². The number of para-hydroxylation sites is 2. The van der Waals surface area contributed by atoms with Crippen LogP contribution in [0.1, 0.15) is 16.7 Å². The fourth-order valence-corrected chi connectivity index (χ4v) is 8.63. The van der Waals surface area contributed by atoms with Crippen LogP contribution in [0.15, 0.2) is 164 Å². The number of aromatic nitrogens is 2. The standard InChI is InChI=1S/C53H27F3N6/c1-59-39-12-8-11-34(25-39)36-18-22-49-45(27-36)41-13-3-5-15-47(41)61(49)51-28-43(40-20-19-38(53(54,55)56)24-37(40)31-58)46(60-2)29-52(51)62-48-16-6-4-14-42(48)44-26-35(17-21-50(44)62)33-10-7-9-32(23-33)30-57/h3-29H. The molecule has 62 heavy (non-hydrogen) atoms. The highest BCUT2D eigenvalue weighted by molar-refractivity contribution is 6.13. The van der Waals surface area contributed by atoms with Crippen LogP contribution in [-0.4, -0.2) is 9.13 Å². The van der Waals surface area contributed by atoms with Gasteiger partial charge in [0.2, 0.25) is 0 Å². The molecule has 0 atom stereocenters. The van der Waals surface area contributed by atoms with Crippen molar-refractivity contribution in [1.82, 2.24) is 9.13 Å². The second kappa shape index (κ2) is 14.4. The van der Waals surface area contributed by atoms with Crippen molar-refractivity contribution in [2.24, 2.45) is 0 Å². The van der Waals surface area contributed by atoms with E-state index in [1.165, 1.54) is 6.07 Å². The summed E-state index contributed by atoms with van der Waals surface area (Å²) in [6.45, 7) is 16.0. The fourth-order valence-electron chi connectivity index (χ4n) is 8.63. The highest BCUT2D eigenvalue weighted by Gasteiger charge is 2.32. The SMILES string of the molecule is [C-]#[N+]c1cccc(-c2ccc3c(c2)c2ccccc2n3-c2cc(-c3ccc(C(F)(F)F)cc3C#N)c([N+]#[C-])cc2-n2c3ccccc3c3cc(-c4cccc(C#N)c4)ccc32)c1. The molecular formula is C53H27F3N6. The molecule has 0 spiro atoms. The Morgan fingerprint density at radius 2 is 1.03 bits per heavy atom. The summed E-state index contributed by atoms with van der Waals surface area (Å²) in [6.07, 6.45) is -4.67. The number of fused-ring (bicyclic) bond motifs is 6. The van der Waals surface area contributed by atoms with E-state index in [9.17, 15) is 23.7 Å². The van der Waals surface area contributed by atoms with E-state index in [4.69, 9.17) is 13.1 Å². The minimum Gasteiger partial charge on any atom is -0.308 e. The molecule has 10 rings (SSSR count). The Hall–Kier alpha value is -8.89. The molecule has 6 nitrogen and oxygen atoms in total. The van der Waals surface area contributed by atoms with Crippen LogP contribution in [0.5, 0.6) is 0 Å². The molecule has 0 aliphatic heterocycles. The molecular weight excluding hydrogens is 778 g/mol. The Labute approximate surface area is 353 Å². The largest absolute Gasteiger partial charge is 0.416 e. The summed E-state index contributed by atoms with van der Waals surface area (Å²) >= 11 is 0. The van der Waals surface area contributed by atoms with Gasteiger partial charge in [0.15, 0.2) is 11.4 Å². The van der Waals surface area contributed by atoms with E-state index in [0.29, 0.717) is 28.2 Å². The van der Waals surface area contributed by atoms with Gasteiger partial charge in [0.25, 0.3) is 0 Å². The molecule has 0 saturated carbocycles. The summed E-state index contributed by atoms with van der Waals surface area (Å²) in [5.74, 6) is 0. The highest BCUT2D eigenvalue weighted by Crippen LogP contribution is 2.45. The minimum absolute atomic E-state index is 0.152. The first-order valence-electron chi connectivity index (χ1n) is 19.4. The average Bonchev–Trinajstić information content (AvgIpc) is 3.82. The summed E-state index contributed by atoms with van der Waals surface area (Å²) in [6, 6.07) is 53.9. The van der Waals surface area contributed by atoms with Gasteiger partial charge >= 0.3 is 6.18 Å². The second-order valence-electron chi connectivity index (χ2n) is 14.9. The van der Waals surface area contributed by atoms with Crippen LogP contribution in [0.2, 0.25) is 0 Å². The van der Waals surface area contributed by atoms with Crippen LogP contribution in [0.4, 0.5) is 24.5 Å². The van der Waals surface area contributed by atoms with Crippen molar-refractivity contribution in [3.8, 4) is 56.9 Å². The van der Waals surface area contributed by atoms with E-state index >= 15 is 0 Å². The summed E-state index contributed by atoms with van der Waals surface area (Å²) in [7, 11) is 0. The molecule has 0 unspecified atom stereocenters. The molecule has 290 valence electrons. The maximum Gasteiger partial charge on any atom is 0.416 e. The van der Waals surface area contributed by atoms with E-state index in [-0.39, 0.29) is 16.8 Å². The fraction of sp³-hybridized carbons (Fsp3) is 0.0189. The zero-order valence-corrected chi connectivity index (χ0v) is 32.4. The lowest BCUT2D eigenvalue weighted by Crippen LogP contribution is -2.06. The number of halogens is 3. The van der Waals surface area contributed by atoms with Gasteiger partial charge in [0, 0.05) is 21.5 Å². The van der Waals surface area contributed by atoms with Crippen LogP contribution in [0, 0.1) is 35.8 Å².